The number of nitrogens with zero attached hydrogens (tertiary/aromatic N) is 3. The van der Waals surface area contributed by atoms with Gasteiger partial charge in [-0.25, -0.2) is 0 Å². The Bertz CT molecular complexity index is 1160. The molecular formula is C24H26N4O3S. The van der Waals surface area contributed by atoms with Gasteiger partial charge in [0.25, 0.3) is 5.22 Å². The molecule has 32 heavy (non-hydrogen) atoms. The van der Waals surface area contributed by atoms with Crippen LogP contribution < -0.4 is 10.2 Å². The number of aromatic nitrogens is 2. The predicted octanol–water partition coefficient (Wildman–Crippen LogP) is 4.89. The van der Waals surface area contributed by atoms with E-state index in [9.17, 15) is 9.59 Å². The van der Waals surface area contributed by atoms with Crippen molar-refractivity contribution in [2.24, 2.45) is 0 Å². The van der Waals surface area contributed by atoms with E-state index in [4.69, 9.17) is 4.42 Å². The van der Waals surface area contributed by atoms with Crippen LogP contribution >= 0.6 is 11.8 Å². The van der Waals surface area contributed by atoms with Crippen LogP contribution in [0.4, 0.5) is 11.4 Å². The average molecular weight is 451 g/mol. The van der Waals surface area contributed by atoms with Gasteiger partial charge >= 0.3 is 0 Å². The Morgan fingerprint density at radius 3 is 2.47 bits per heavy atom. The van der Waals surface area contributed by atoms with E-state index < -0.39 is 5.54 Å². The molecule has 0 saturated carbocycles. The molecule has 2 aromatic carbocycles. The Morgan fingerprint density at radius 2 is 1.78 bits per heavy atom. The van der Waals surface area contributed by atoms with E-state index >= 15 is 0 Å². The summed E-state index contributed by atoms with van der Waals surface area (Å²) in [5.74, 6) is 0.0312. The zero-order valence-electron chi connectivity index (χ0n) is 18.8. The second-order valence-corrected chi connectivity index (χ2v) is 10.2. The largest absolute Gasteiger partial charge is 0.411 e. The first-order valence-corrected chi connectivity index (χ1v) is 11.4. The molecule has 1 aliphatic heterocycles. The highest BCUT2D eigenvalue weighted by molar-refractivity contribution is 7.99. The molecule has 7 nitrogen and oxygen atoms in total. The van der Waals surface area contributed by atoms with Gasteiger partial charge in [0, 0.05) is 5.56 Å². The predicted molar refractivity (Wildman–Crippen MR) is 126 cm³/mol. The lowest BCUT2D eigenvalue weighted by Crippen LogP contribution is -2.58. The number of para-hydroxylation sites is 2. The third-order valence-corrected chi connectivity index (χ3v) is 6.28. The summed E-state index contributed by atoms with van der Waals surface area (Å²) < 4.78 is 5.77. The highest BCUT2D eigenvalue weighted by atomic mass is 32.2. The van der Waals surface area contributed by atoms with Gasteiger partial charge in [0.1, 0.15) is 5.54 Å². The summed E-state index contributed by atoms with van der Waals surface area (Å²) in [6.07, 6.45) is 0. The normalized spacial score (nSPS) is 15.3. The van der Waals surface area contributed by atoms with Crippen molar-refractivity contribution in [3.05, 3.63) is 54.1 Å². The van der Waals surface area contributed by atoms with Crippen LogP contribution in [0.15, 0.2) is 58.2 Å². The lowest BCUT2D eigenvalue weighted by Gasteiger charge is -2.42. The van der Waals surface area contributed by atoms with Gasteiger partial charge in [0.05, 0.1) is 17.1 Å². The summed E-state index contributed by atoms with van der Waals surface area (Å²) in [6.45, 7) is 9.93. The molecule has 166 valence electrons. The van der Waals surface area contributed by atoms with Crippen molar-refractivity contribution in [1.29, 1.82) is 0 Å². The van der Waals surface area contributed by atoms with Gasteiger partial charge in [-0.15, -0.1) is 10.2 Å². The van der Waals surface area contributed by atoms with Crippen LogP contribution in [0.3, 0.4) is 0 Å². The summed E-state index contributed by atoms with van der Waals surface area (Å²) >= 11 is 1.16. The summed E-state index contributed by atoms with van der Waals surface area (Å²) in [4.78, 5) is 27.2. The van der Waals surface area contributed by atoms with Gasteiger partial charge in [0.15, 0.2) is 0 Å². The second kappa shape index (κ2) is 8.09. The summed E-state index contributed by atoms with van der Waals surface area (Å²) in [7, 11) is 0. The van der Waals surface area contributed by atoms with Crippen molar-refractivity contribution in [1.82, 2.24) is 10.2 Å². The van der Waals surface area contributed by atoms with E-state index in [1.54, 1.807) is 19.9 Å². The fourth-order valence-electron chi connectivity index (χ4n) is 3.58. The molecule has 0 atom stereocenters. The first-order valence-electron chi connectivity index (χ1n) is 10.4. The number of hydrogen-bond donors (Lipinski definition) is 1. The van der Waals surface area contributed by atoms with Crippen LogP contribution in [-0.2, 0) is 15.0 Å². The summed E-state index contributed by atoms with van der Waals surface area (Å²) in [6, 6.07) is 15.3. The van der Waals surface area contributed by atoms with E-state index in [0.717, 1.165) is 17.3 Å². The molecule has 2 amide bonds. The minimum atomic E-state index is -1.01. The molecule has 1 aliphatic rings. The lowest BCUT2D eigenvalue weighted by molar-refractivity contribution is -0.125. The Kier molecular flexibility index (Phi) is 5.58. The SMILES string of the molecule is CC(C)(C)c1ccc(-c2nnc(SCC(=O)N3c4ccccc4NC(=O)C3(C)C)o2)cc1. The van der Waals surface area contributed by atoms with E-state index in [2.05, 4.69) is 48.4 Å². The highest BCUT2D eigenvalue weighted by Crippen LogP contribution is 2.37. The van der Waals surface area contributed by atoms with Crippen molar-refractivity contribution in [2.45, 2.75) is 50.8 Å². The molecule has 0 aliphatic carbocycles. The van der Waals surface area contributed by atoms with Gasteiger partial charge in [-0.3, -0.25) is 14.5 Å². The number of fused-ring (bicyclic) bond motifs is 1. The van der Waals surface area contributed by atoms with Crippen LogP contribution in [0.1, 0.15) is 40.2 Å². The van der Waals surface area contributed by atoms with Crippen LogP contribution in [0.25, 0.3) is 11.5 Å². The Labute approximate surface area is 191 Å². The molecule has 0 saturated heterocycles. The lowest BCUT2D eigenvalue weighted by atomic mass is 9.87. The molecule has 0 spiro atoms. The topological polar surface area (TPSA) is 88.3 Å². The van der Waals surface area contributed by atoms with E-state index in [0.29, 0.717) is 22.5 Å². The maximum atomic E-state index is 13.1. The third kappa shape index (κ3) is 4.14. The molecule has 0 bridgehead atoms. The second-order valence-electron chi connectivity index (χ2n) is 9.25. The average Bonchev–Trinajstić information content (AvgIpc) is 3.21. The first kappa shape index (κ1) is 22.1. The minimum absolute atomic E-state index is 0.0620. The minimum Gasteiger partial charge on any atom is -0.411 e. The molecule has 1 aromatic heterocycles. The van der Waals surface area contributed by atoms with Crippen molar-refractivity contribution < 1.29 is 14.0 Å². The van der Waals surface area contributed by atoms with Crippen molar-refractivity contribution in [2.75, 3.05) is 16.0 Å². The van der Waals surface area contributed by atoms with Crippen LogP contribution in [0.5, 0.6) is 0 Å². The van der Waals surface area contributed by atoms with Crippen LogP contribution in [0.2, 0.25) is 0 Å². The van der Waals surface area contributed by atoms with E-state index in [-0.39, 0.29) is 23.0 Å². The Balaban J connectivity index is 1.48. The third-order valence-electron chi connectivity index (χ3n) is 5.48. The molecule has 8 heteroatoms. The number of amides is 2. The molecule has 0 unspecified atom stereocenters. The number of hydrogen-bond acceptors (Lipinski definition) is 6. The first-order chi connectivity index (χ1) is 15.1. The van der Waals surface area contributed by atoms with Gasteiger partial charge < -0.3 is 9.73 Å². The van der Waals surface area contributed by atoms with Crippen molar-refractivity contribution >= 4 is 35.0 Å². The molecular weight excluding hydrogens is 424 g/mol. The number of nitrogens with one attached hydrogen (secondary N) is 1. The summed E-state index contributed by atoms with van der Waals surface area (Å²) in [5.41, 5.74) is 2.38. The number of rotatable bonds is 4. The number of benzene rings is 2. The van der Waals surface area contributed by atoms with E-state index in [1.807, 2.05) is 30.3 Å². The molecule has 1 N–H and O–H groups in total. The van der Waals surface area contributed by atoms with E-state index in [1.165, 1.54) is 10.5 Å². The fraction of sp³-hybridized carbons (Fsp3) is 0.333. The van der Waals surface area contributed by atoms with Gasteiger partial charge in [-0.1, -0.05) is 56.8 Å². The van der Waals surface area contributed by atoms with Crippen molar-refractivity contribution in [3.8, 4) is 11.5 Å². The molecule has 2 heterocycles. The number of carbonyl (C=O) groups is 2. The monoisotopic (exact) mass is 450 g/mol. The summed E-state index contributed by atoms with van der Waals surface area (Å²) in [5, 5.41) is 11.4. The Hall–Kier alpha value is -3.13. The fourth-order valence-corrected chi connectivity index (χ4v) is 4.20. The van der Waals surface area contributed by atoms with Gasteiger partial charge in [0.2, 0.25) is 17.7 Å². The van der Waals surface area contributed by atoms with Crippen LogP contribution in [0, 0.1) is 0 Å². The molecule has 4 rings (SSSR count). The maximum Gasteiger partial charge on any atom is 0.277 e. The van der Waals surface area contributed by atoms with Gasteiger partial charge in [-0.05, 0) is 49.1 Å². The standard InChI is InChI=1S/C24H26N4O3S/c1-23(2,3)16-12-10-15(11-13-16)20-26-27-22(31-20)32-14-19(29)28-18-9-7-6-8-17(18)25-21(30)24(28,4)5/h6-13H,14H2,1-5H3,(H,25,30). The molecule has 0 radical (unpaired) electrons. The highest BCUT2D eigenvalue weighted by Gasteiger charge is 2.43. The maximum absolute atomic E-state index is 13.1. The van der Waals surface area contributed by atoms with Crippen molar-refractivity contribution in [3.63, 3.8) is 0 Å². The van der Waals surface area contributed by atoms with Crippen LogP contribution in [-0.4, -0.2) is 33.3 Å². The molecule has 3 aromatic rings. The number of thioether (sulfide) groups is 1. The zero-order chi connectivity index (χ0) is 23.1. The quantitative estimate of drug-likeness (QED) is 0.570. The smallest absolute Gasteiger partial charge is 0.277 e. The van der Waals surface area contributed by atoms with Gasteiger partial charge in [-0.2, -0.15) is 0 Å². The zero-order valence-corrected chi connectivity index (χ0v) is 19.6. The Morgan fingerprint density at radius 1 is 1.09 bits per heavy atom. The molecule has 0 fully saturated rings. The number of carbonyl (C=O) groups excluding carboxylic acids is 2. The number of anilines is 2.